The molecular weight excluding hydrogens is 412 g/mol. The van der Waals surface area contributed by atoms with Crippen LogP contribution in [0.1, 0.15) is 47.7 Å². The van der Waals surface area contributed by atoms with Crippen LogP contribution in [0.2, 0.25) is 0 Å². The lowest BCUT2D eigenvalue weighted by atomic mass is 9.99. The summed E-state index contributed by atoms with van der Waals surface area (Å²) in [6.45, 7) is 6.31. The van der Waals surface area contributed by atoms with Crippen LogP contribution in [0.15, 0.2) is 42.6 Å². The normalized spacial score (nSPS) is 15.3. The monoisotopic (exact) mass is 436 g/mol. The molecule has 0 spiro atoms. The molecule has 1 aliphatic carbocycles. The number of benzene rings is 1. The Morgan fingerprint density at radius 1 is 1.09 bits per heavy atom. The molecule has 4 heterocycles. The van der Waals surface area contributed by atoms with Crippen molar-refractivity contribution >= 4 is 11.2 Å². The van der Waals surface area contributed by atoms with Crippen LogP contribution in [-0.2, 0) is 12.8 Å². The number of nitrogens with zero attached hydrogens (tertiary/aromatic N) is 7. The van der Waals surface area contributed by atoms with Crippen molar-refractivity contribution < 1.29 is 0 Å². The third-order valence-corrected chi connectivity index (χ3v) is 6.51. The molecule has 1 atom stereocenters. The van der Waals surface area contributed by atoms with Crippen LogP contribution in [0.4, 0.5) is 0 Å². The number of aromatic nitrogens is 8. The third-order valence-electron chi connectivity index (χ3n) is 6.51. The van der Waals surface area contributed by atoms with Crippen molar-refractivity contribution in [2.45, 2.75) is 46.1 Å². The molecule has 6 rings (SSSR count). The van der Waals surface area contributed by atoms with Crippen molar-refractivity contribution in [2.75, 3.05) is 0 Å². The Hall–Kier alpha value is -3.94. The summed E-state index contributed by atoms with van der Waals surface area (Å²) in [4.78, 5) is 14.8. The minimum absolute atomic E-state index is 0.149. The molecule has 5 aromatic rings. The fourth-order valence-corrected chi connectivity index (χ4v) is 5.06. The molecule has 8 nitrogen and oxygen atoms in total. The van der Waals surface area contributed by atoms with Gasteiger partial charge in [0.15, 0.2) is 11.5 Å². The van der Waals surface area contributed by atoms with E-state index in [0.29, 0.717) is 5.82 Å². The summed E-state index contributed by atoms with van der Waals surface area (Å²) in [5.74, 6) is 1.72. The molecule has 0 bridgehead atoms. The number of imidazole rings is 1. The zero-order valence-electron chi connectivity index (χ0n) is 18.9. The van der Waals surface area contributed by atoms with Crippen molar-refractivity contribution in [3.05, 3.63) is 70.9 Å². The first kappa shape index (κ1) is 19.7. The fraction of sp³-hybridized carbons (Fsp3) is 0.280. The highest BCUT2D eigenvalue weighted by molar-refractivity contribution is 5.80. The van der Waals surface area contributed by atoms with Gasteiger partial charge in [-0.2, -0.15) is 0 Å². The zero-order valence-corrected chi connectivity index (χ0v) is 18.9. The molecule has 1 unspecified atom stereocenters. The van der Waals surface area contributed by atoms with Gasteiger partial charge in [-0.25, -0.2) is 15.1 Å². The van der Waals surface area contributed by atoms with Crippen LogP contribution in [0.5, 0.6) is 0 Å². The Bertz CT molecular complexity index is 1480. The highest BCUT2D eigenvalue weighted by Crippen LogP contribution is 2.39. The maximum atomic E-state index is 4.98. The van der Waals surface area contributed by atoms with Gasteiger partial charge in [-0.05, 0) is 65.9 Å². The van der Waals surface area contributed by atoms with Crippen LogP contribution in [0.3, 0.4) is 0 Å². The fourth-order valence-electron chi connectivity index (χ4n) is 5.06. The van der Waals surface area contributed by atoms with Crippen LogP contribution < -0.4 is 0 Å². The van der Waals surface area contributed by atoms with Gasteiger partial charge >= 0.3 is 0 Å². The van der Waals surface area contributed by atoms with Gasteiger partial charge in [0.05, 0.1) is 11.7 Å². The first-order valence-corrected chi connectivity index (χ1v) is 11.3. The maximum absolute atomic E-state index is 4.98. The van der Waals surface area contributed by atoms with E-state index in [0.717, 1.165) is 64.3 Å². The van der Waals surface area contributed by atoms with Crippen molar-refractivity contribution in [3.8, 4) is 22.5 Å². The Morgan fingerprint density at radius 3 is 2.73 bits per heavy atom. The lowest BCUT2D eigenvalue weighted by Crippen LogP contribution is -2.13. The molecule has 0 amide bonds. The van der Waals surface area contributed by atoms with E-state index in [9.17, 15) is 0 Å². The zero-order chi connectivity index (χ0) is 22.5. The topological polar surface area (TPSA) is 98.1 Å². The largest absolute Gasteiger partial charge is 0.303 e. The maximum Gasteiger partial charge on any atom is 0.180 e. The number of hydrogen-bond donors (Lipinski definition) is 1. The number of fused-ring (bicyclic) bond motifs is 2. The van der Waals surface area contributed by atoms with E-state index in [1.165, 1.54) is 11.1 Å². The number of rotatable bonds is 4. The number of aryl methyl sites for hydroxylation is 4. The van der Waals surface area contributed by atoms with Gasteiger partial charge in [-0.1, -0.05) is 31.2 Å². The number of tetrazole rings is 1. The van der Waals surface area contributed by atoms with Gasteiger partial charge in [0, 0.05) is 29.4 Å². The summed E-state index contributed by atoms with van der Waals surface area (Å²) in [6.07, 6.45) is 4.79. The summed E-state index contributed by atoms with van der Waals surface area (Å²) < 4.78 is 2.32. The number of nitrogens with one attached hydrogen (secondary N) is 1. The predicted molar refractivity (Wildman–Crippen MR) is 126 cm³/mol. The van der Waals surface area contributed by atoms with E-state index in [2.05, 4.69) is 57.2 Å². The number of aromatic amines is 1. The minimum atomic E-state index is 0.149. The van der Waals surface area contributed by atoms with Gasteiger partial charge in [-0.15, -0.1) is 5.10 Å². The van der Waals surface area contributed by atoms with Crippen LogP contribution in [0.25, 0.3) is 33.7 Å². The van der Waals surface area contributed by atoms with Crippen molar-refractivity contribution in [3.63, 3.8) is 0 Å². The van der Waals surface area contributed by atoms with Crippen LogP contribution in [0, 0.1) is 13.8 Å². The molecular formula is C25H24N8. The van der Waals surface area contributed by atoms with Crippen molar-refractivity contribution in [2.24, 2.45) is 0 Å². The van der Waals surface area contributed by atoms with E-state index in [1.807, 2.05) is 31.3 Å². The molecule has 1 aliphatic rings. The second-order valence-electron chi connectivity index (χ2n) is 8.62. The number of hydrogen-bond acceptors (Lipinski definition) is 6. The third kappa shape index (κ3) is 3.13. The first-order valence-electron chi connectivity index (χ1n) is 11.3. The van der Waals surface area contributed by atoms with E-state index < -0.39 is 0 Å². The molecule has 0 radical (unpaired) electrons. The Balaban J connectivity index is 1.46. The Kier molecular flexibility index (Phi) is 4.53. The Morgan fingerprint density at radius 2 is 1.94 bits per heavy atom. The second-order valence-corrected chi connectivity index (χ2v) is 8.62. The van der Waals surface area contributed by atoms with Gasteiger partial charge in [0.1, 0.15) is 11.3 Å². The molecule has 0 aliphatic heterocycles. The highest BCUT2D eigenvalue weighted by Gasteiger charge is 2.30. The quantitative estimate of drug-likeness (QED) is 0.449. The van der Waals surface area contributed by atoms with Crippen molar-refractivity contribution in [1.82, 2.24) is 40.1 Å². The van der Waals surface area contributed by atoms with Gasteiger partial charge in [0.25, 0.3) is 0 Å². The molecule has 0 saturated carbocycles. The predicted octanol–water partition coefficient (Wildman–Crippen LogP) is 4.39. The SMILES string of the molecule is CCc1nc2c(C)cc(C)nc2n1C1CCc2cc(-c3ccccc3-c3nnn[nH]3)cnc21. The molecule has 1 N–H and O–H groups in total. The van der Waals surface area contributed by atoms with E-state index >= 15 is 0 Å². The summed E-state index contributed by atoms with van der Waals surface area (Å²) in [5, 5.41) is 14.4. The van der Waals surface area contributed by atoms with Crippen LogP contribution >= 0.6 is 0 Å². The Labute approximate surface area is 191 Å². The number of H-pyrrole nitrogens is 1. The standard InChI is InChI=1S/C25H24N8/c1-4-21-28-22-14(2)11-15(3)27-25(22)33(21)20-10-9-16-12-17(13-26-23(16)20)18-7-5-6-8-19(18)24-29-31-32-30-24/h5-8,11-13,20H,4,9-10H2,1-3H3,(H,29,30,31,32). The van der Waals surface area contributed by atoms with Gasteiger partial charge in [-0.3, -0.25) is 4.98 Å². The molecule has 0 fully saturated rings. The molecule has 33 heavy (non-hydrogen) atoms. The van der Waals surface area contributed by atoms with Crippen LogP contribution in [-0.4, -0.2) is 40.1 Å². The second kappa shape index (κ2) is 7.58. The molecule has 4 aromatic heterocycles. The average molecular weight is 437 g/mol. The molecule has 1 aromatic carbocycles. The molecule has 164 valence electrons. The molecule has 8 heteroatoms. The van der Waals surface area contributed by atoms with E-state index in [-0.39, 0.29) is 6.04 Å². The van der Waals surface area contributed by atoms with E-state index in [4.69, 9.17) is 15.0 Å². The lowest BCUT2D eigenvalue weighted by molar-refractivity contribution is 0.556. The smallest absolute Gasteiger partial charge is 0.180 e. The first-order chi connectivity index (χ1) is 16.1. The summed E-state index contributed by atoms with van der Waals surface area (Å²) in [6, 6.07) is 12.6. The number of pyridine rings is 2. The van der Waals surface area contributed by atoms with Gasteiger partial charge in [0.2, 0.25) is 0 Å². The lowest BCUT2D eigenvalue weighted by Gasteiger charge is -2.17. The summed E-state index contributed by atoms with van der Waals surface area (Å²) in [7, 11) is 0. The summed E-state index contributed by atoms with van der Waals surface area (Å²) in [5.41, 5.74) is 9.64. The average Bonchev–Trinajstić information content (AvgIpc) is 3.57. The minimum Gasteiger partial charge on any atom is -0.303 e. The molecule has 0 saturated heterocycles. The van der Waals surface area contributed by atoms with Gasteiger partial charge < -0.3 is 4.57 Å². The van der Waals surface area contributed by atoms with E-state index in [1.54, 1.807) is 0 Å². The summed E-state index contributed by atoms with van der Waals surface area (Å²) >= 11 is 0. The highest BCUT2D eigenvalue weighted by atomic mass is 15.5. The van der Waals surface area contributed by atoms with Crippen molar-refractivity contribution in [1.29, 1.82) is 0 Å².